The van der Waals surface area contributed by atoms with E-state index in [2.05, 4.69) is 5.32 Å². The van der Waals surface area contributed by atoms with Gasteiger partial charge in [0.1, 0.15) is 6.04 Å². The van der Waals surface area contributed by atoms with Gasteiger partial charge in [-0.3, -0.25) is 9.59 Å². The van der Waals surface area contributed by atoms with Crippen LogP contribution in [-0.2, 0) is 4.79 Å². The Morgan fingerprint density at radius 2 is 2.15 bits per heavy atom. The maximum atomic E-state index is 12.7. The molecule has 1 aromatic carbocycles. The third-order valence-corrected chi connectivity index (χ3v) is 5.14. The lowest BCUT2D eigenvalue weighted by Gasteiger charge is -2.23. The van der Waals surface area contributed by atoms with Gasteiger partial charge in [-0.05, 0) is 43.3 Å². The van der Waals surface area contributed by atoms with Crippen molar-refractivity contribution < 1.29 is 19.1 Å². The van der Waals surface area contributed by atoms with Gasteiger partial charge in [-0.15, -0.1) is 11.3 Å². The van der Waals surface area contributed by atoms with Crippen molar-refractivity contribution in [3.63, 3.8) is 0 Å². The second kappa shape index (κ2) is 8.23. The highest BCUT2D eigenvalue weighted by Crippen LogP contribution is 2.31. The topological polar surface area (TPSA) is 67.9 Å². The molecular weight excluding hydrogens is 352 g/mol. The van der Waals surface area contributed by atoms with E-state index in [9.17, 15) is 9.59 Å². The van der Waals surface area contributed by atoms with Crippen LogP contribution in [0.2, 0.25) is 0 Å². The van der Waals surface area contributed by atoms with Crippen LogP contribution in [0.15, 0.2) is 35.7 Å². The summed E-state index contributed by atoms with van der Waals surface area (Å²) in [7, 11) is 1.56. The van der Waals surface area contributed by atoms with Crippen LogP contribution < -0.4 is 14.8 Å². The zero-order valence-corrected chi connectivity index (χ0v) is 15.7. The van der Waals surface area contributed by atoms with Crippen molar-refractivity contribution in [3.8, 4) is 11.5 Å². The molecule has 1 N–H and O–H groups in total. The van der Waals surface area contributed by atoms with E-state index in [1.54, 1.807) is 36.3 Å². The van der Waals surface area contributed by atoms with Crippen LogP contribution in [0.5, 0.6) is 11.5 Å². The third-order valence-electron chi connectivity index (χ3n) is 4.28. The molecule has 0 aliphatic carbocycles. The second-order valence-electron chi connectivity index (χ2n) is 5.92. The van der Waals surface area contributed by atoms with E-state index >= 15 is 0 Å². The molecule has 3 rings (SSSR count). The summed E-state index contributed by atoms with van der Waals surface area (Å²) in [6.45, 7) is 3.03. The Labute approximate surface area is 156 Å². The number of ether oxygens (including phenoxy) is 2. The van der Waals surface area contributed by atoms with E-state index in [0.717, 1.165) is 6.42 Å². The quantitative estimate of drug-likeness (QED) is 0.841. The average molecular weight is 374 g/mol. The molecule has 0 spiro atoms. The molecule has 1 fully saturated rings. The van der Waals surface area contributed by atoms with Crippen molar-refractivity contribution in [2.75, 3.05) is 25.6 Å². The molecule has 0 unspecified atom stereocenters. The van der Waals surface area contributed by atoms with E-state index in [1.165, 1.54) is 11.3 Å². The number of likely N-dealkylation sites (tertiary alicyclic amines) is 1. The Hall–Kier alpha value is -2.54. The molecule has 0 radical (unpaired) electrons. The van der Waals surface area contributed by atoms with E-state index in [1.807, 2.05) is 18.4 Å². The SMILES string of the molecule is CCOc1ccc(NC(=O)[C@@H]2CCCN2C(=O)c2cccs2)cc1OC. The van der Waals surface area contributed by atoms with Gasteiger partial charge in [0.25, 0.3) is 5.91 Å². The lowest BCUT2D eigenvalue weighted by Crippen LogP contribution is -2.42. The first kappa shape index (κ1) is 18.3. The number of amides is 2. The molecule has 138 valence electrons. The molecule has 1 aliphatic heterocycles. The van der Waals surface area contributed by atoms with E-state index in [0.29, 0.717) is 41.6 Å². The van der Waals surface area contributed by atoms with Crippen LogP contribution in [0.25, 0.3) is 0 Å². The number of hydrogen-bond acceptors (Lipinski definition) is 5. The number of carbonyl (C=O) groups is 2. The number of nitrogens with zero attached hydrogens (tertiary/aromatic N) is 1. The fourth-order valence-electron chi connectivity index (χ4n) is 3.07. The van der Waals surface area contributed by atoms with Crippen molar-refractivity contribution in [2.24, 2.45) is 0 Å². The third kappa shape index (κ3) is 3.83. The smallest absolute Gasteiger partial charge is 0.264 e. The maximum Gasteiger partial charge on any atom is 0.264 e. The van der Waals surface area contributed by atoms with Gasteiger partial charge >= 0.3 is 0 Å². The number of nitrogens with one attached hydrogen (secondary N) is 1. The summed E-state index contributed by atoms with van der Waals surface area (Å²) >= 11 is 1.39. The first-order chi connectivity index (χ1) is 12.6. The Kier molecular flexibility index (Phi) is 5.78. The van der Waals surface area contributed by atoms with Crippen LogP contribution in [0, 0.1) is 0 Å². The molecule has 1 saturated heterocycles. The van der Waals surface area contributed by atoms with Crippen LogP contribution in [0.1, 0.15) is 29.4 Å². The molecule has 1 aliphatic rings. The van der Waals surface area contributed by atoms with Gasteiger partial charge in [-0.2, -0.15) is 0 Å². The van der Waals surface area contributed by atoms with Gasteiger partial charge in [0.05, 0.1) is 18.6 Å². The first-order valence-electron chi connectivity index (χ1n) is 8.60. The van der Waals surface area contributed by atoms with Crippen molar-refractivity contribution in [2.45, 2.75) is 25.8 Å². The van der Waals surface area contributed by atoms with Crippen molar-refractivity contribution >= 4 is 28.8 Å². The Morgan fingerprint density at radius 3 is 2.85 bits per heavy atom. The normalized spacial score (nSPS) is 16.4. The highest BCUT2D eigenvalue weighted by atomic mass is 32.1. The summed E-state index contributed by atoms with van der Waals surface area (Å²) in [6.07, 6.45) is 1.49. The highest BCUT2D eigenvalue weighted by Gasteiger charge is 2.35. The number of rotatable bonds is 6. The molecule has 0 saturated carbocycles. The van der Waals surface area contributed by atoms with Crippen LogP contribution in [-0.4, -0.2) is 43.0 Å². The van der Waals surface area contributed by atoms with Crippen LogP contribution in [0.4, 0.5) is 5.69 Å². The van der Waals surface area contributed by atoms with Crippen molar-refractivity contribution in [1.29, 1.82) is 0 Å². The maximum absolute atomic E-state index is 12.7. The summed E-state index contributed by atoms with van der Waals surface area (Å²) in [4.78, 5) is 27.7. The lowest BCUT2D eigenvalue weighted by molar-refractivity contribution is -0.119. The van der Waals surface area contributed by atoms with Gasteiger partial charge < -0.3 is 19.7 Å². The fourth-order valence-corrected chi connectivity index (χ4v) is 3.75. The molecule has 7 heteroatoms. The molecule has 0 bridgehead atoms. The number of carbonyl (C=O) groups excluding carboxylic acids is 2. The van der Waals surface area contributed by atoms with Gasteiger partial charge in [-0.1, -0.05) is 6.07 Å². The fraction of sp³-hybridized carbons (Fsp3) is 0.368. The molecule has 1 aromatic heterocycles. The highest BCUT2D eigenvalue weighted by molar-refractivity contribution is 7.12. The van der Waals surface area contributed by atoms with Gasteiger partial charge in [0, 0.05) is 18.3 Å². The molecule has 2 amide bonds. The monoisotopic (exact) mass is 374 g/mol. The van der Waals surface area contributed by atoms with Crippen LogP contribution in [0.3, 0.4) is 0 Å². The van der Waals surface area contributed by atoms with Crippen LogP contribution >= 0.6 is 11.3 Å². The van der Waals surface area contributed by atoms with E-state index in [4.69, 9.17) is 9.47 Å². The minimum absolute atomic E-state index is 0.0816. The zero-order chi connectivity index (χ0) is 18.5. The van der Waals surface area contributed by atoms with E-state index < -0.39 is 6.04 Å². The molecule has 1 atom stereocenters. The van der Waals surface area contributed by atoms with Gasteiger partial charge in [-0.25, -0.2) is 0 Å². The van der Waals surface area contributed by atoms with Crippen molar-refractivity contribution in [1.82, 2.24) is 4.90 Å². The minimum atomic E-state index is -0.456. The molecule has 6 nitrogen and oxygen atoms in total. The van der Waals surface area contributed by atoms with E-state index in [-0.39, 0.29) is 11.8 Å². The number of thiophene rings is 1. The molecule has 2 aromatic rings. The predicted molar refractivity (Wildman–Crippen MR) is 101 cm³/mol. The Balaban J connectivity index is 1.72. The number of benzene rings is 1. The van der Waals surface area contributed by atoms with Gasteiger partial charge in [0.15, 0.2) is 11.5 Å². The summed E-state index contributed by atoms with van der Waals surface area (Å²) in [5.41, 5.74) is 0.616. The summed E-state index contributed by atoms with van der Waals surface area (Å²) in [5, 5.41) is 4.76. The number of methoxy groups -OCH3 is 1. The Bertz CT molecular complexity index is 776. The summed E-state index contributed by atoms with van der Waals surface area (Å²) in [5.74, 6) is 0.923. The second-order valence-corrected chi connectivity index (χ2v) is 6.87. The number of anilines is 1. The number of hydrogen-bond donors (Lipinski definition) is 1. The first-order valence-corrected chi connectivity index (χ1v) is 9.48. The zero-order valence-electron chi connectivity index (χ0n) is 14.9. The molecular formula is C19H22N2O4S. The molecule has 26 heavy (non-hydrogen) atoms. The summed E-state index contributed by atoms with van der Waals surface area (Å²) < 4.78 is 10.8. The average Bonchev–Trinajstić information content (AvgIpc) is 3.34. The largest absolute Gasteiger partial charge is 0.493 e. The predicted octanol–water partition coefficient (Wildman–Crippen LogP) is 3.40. The summed E-state index contributed by atoms with van der Waals surface area (Å²) in [6, 6.07) is 8.44. The minimum Gasteiger partial charge on any atom is -0.493 e. The van der Waals surface area contributed by atoms with Crippen molar-refractivity contribution in [3.05, 3.63) is 40.6 Å². The lowest BCUT2D eigenvalue weighted by atomic mass is 10.2. The van der Waals surface area contributed by atoms with Gasteiger partial charge in [0.2, 0.25) is 5.91 Å². The Morgan fingerprint density at radius 1 is 1.31 bits per heavy atom. The molecule has 2 heterocycles. The standard InChI is InChI=1S/C19H22N2O4S/c1-3-25-15-9-8-13(12-16(15)24-2)20-18(22)14-6-4-10-21(14)19(23)17-7-5-11-26-17/h5,7-9,11-12,14H,3-4,6,10H2,1-2H3,(H,20,22)/t14-/m0/s1.